The van der Waals surface area contributed by atoms with Gasteiger partial charge >= 0.3 is 0 Å². The molecule has 0 saturated heterocycles. The van der Waals surface area contributed by atoms with E-state index in [0.29, 0.717) is 17.2 Å². The lowest BCUT2D eigenvalue weighted by molar-refractivity contribution is 0.0974. The highest BCUT2D eigenvalue weighted by Crippen LogP contribution is 2.38. The molecule has 116 valence electrons. The Kier molecular flexibility index (Phi) is 3.92. The zero-order valence-corrected chi connectivity index (χ0v) is 13.2. The number of carbonyl (C=O) groups is 1. The fourth-order valence-electron chi connectivity index (χ4n) is 2.81. The molecule has 0 spiro atoms. The molecule has 4 nitrogen and oxygen atoms in total. The Hall–Kier alpha value is -2.23. The van der Waals surface area contributed by atoms with E-state index >= 15 is 0 Å². The maximum Gasteiger partial charge on any atom is 0.262 e. The van der Waals surface area contributed by atoms with Crippen molar-refractivity contribution >= 4 is 11.6 Å². The lowest BCUT2D eigenvalue weighted by atomic mass is 10.1. The molecule has 2 aromatic rings. The molecule has 1 unspecified atom stereocenters. The number of methoxy groups -OCH3 is 1. The van der Waals surface area contributed by atoms with E-state index in [4.69, 9.17) is 9.15 Å². The van der Waals surface area contributed by atoms with E-state index in [9.17, 15) is 4.79 Å². The average molecular weight is 299 g/mol. The molecule has 1 heterocycles. The summed E-state index contributed by atoms with van der Waals surface area (Å²) in [4.78, 5) is 14.9. The summed E-state index contributed by atoms with van der Waals surface area (Å²) in [6.07, 6.45) is 3.94. The summed E-state index contributed by atoms with van der Waals surface area (Å²) in [5, 5.41) is 0. The summed E-state index contributed by atoms with van der Waals surface area (Å²) in [5.41, 5.74) is 1.52. The predicted octanol–water partition coefficient (Wildman–Crippen LogP) is 4.04. The van der Waals surface area contributed by atoms with Crippen LogP contribution in [0.15, 0.2) is 41.0 Å². The average Bonchev–Trinajstić information content (AvgIpc) is 3.30. The van der Waals surface area contributed by atoms with Gasteiger partial charge in [0.05, 0.1) is 18.9 Å². The highest BCUT2D eigenvalue weighted by molar-refractivity contribution is 6.07. The standard InChI is InChI=1S/C18H21NO3/c1-12(14-4-5-14)19(15-6-8-16(21-3)9-7-15)18(20)17-10-11-22-13(17)2/h6-12,14H,4-5H2,1-3H3. The Morgan fingerprint density at radius 3 is 2.45 bits per heavy atom. The first-order valence-electron chi connectivity index (χ1n) is 7.63. The molecule has 3 rings (SSSR count). The zero-order chi connectivity index (χ0) is 15.7. The van der Waals surface area contributed by atoms with Gasteiger partial charge in [-0.05, 0) is 62.9 Å². The number of carbonyl (C=O) groups excluding carboxylic acids is 1. The van der Waals surface area contributed by atoms with Crippen LogP contribution in [-0.2, 0) is 0 Å². The molecule has 1 aromatic heterocycles. The first kappa shape index (κ1) is 14.7. The Morgan fingerprint density at radius 2 is 1.95 bits per heavy atom. The van der Waals surface area contributed by atoms with E-state index in [0.717, 1.165) is 11.4 Å². The van der Waals surface area contributed by atoms with E-state index in [1.165, 1.54) is 12.8 Å². The summed E-state index contributed by atoms with van der Waals surface area (Å²) in [6.45, 7) is 3.94. The van der Waals surface area contributed by atoms with Crippen LogP contribution in [-0.4, -0.2) is 19.1 Å². The maximum absolute atomic E-state index is 13.0. The van der Waals surface area contributed by atoms with Crippen LogP contribution in [0.25, 0.3) is 0 Å². The van der Waals surface area contributed by atoms with E-state index in [2.05, 4.69) is 6.92 Å². The van der Waals surface area contributed by atoms with Gasteiger partial charge in [0.2, 0.25) is 0 Å². The molecule has 0 bridgehead atoms. The van der Waals surface area contributed by atoms with Gasteiger partial charge in [0.25, 0.3) is 5.91 Å². The summed E-state index contributed by atoms with van der Waals surface area (Å²) < 4.78 is 10.5. The van der Waals surface area contributed by atoms with E-state index in [-0.39, 0.29) is 11.9 Å². The SMILES string of the molecule is COc1ccc(N(C(=O)c2ccoc2C)C(C)C2CC2)cc1. The van der Waals surface area contributed by atoms with Crippen LogP contribution < -0.4 is 9.64 Å². The smallest absolute Gasteiger partial charge is 0.262 e. The monoisotopic (exact) mass is 299 g/mol. The van der Waals surface area contributed by atoms with Crippen LogP contribution >= 0.6 is 0 Å². The minimum Gasteiger partial charge on any atom is -0.497 e. The summed E-state index contributed by atoms with van der Waals surface area (Å²) in [5.74, 6) is 2.02. The normalized spacial score (nSPS) is 15.4. The Labute approximate surface area is 130 Å². The van der Waals surface area contributed by atoms with Crippen molar-refractivity contribution in [1.82, 2.24) is 0 Å². The van der Waals surface area contributed by atoms with E-state index < -0.39 is 0 Å². The van der Waals surface area contributed by atoms with Gasteiger partial charge in [-0.25, -0.2) is 0 Å². The van der Waals surface area contributed by atoms with Gasteiger partial charge in [0.15, 0.2) is 0 Å². The van der Waals surface area contributed by atoms with Crippen LogP contribution in [0.3, 0.4) is 0 Å². The number of ether oxygens (including phenoxy) is 1. The number of rotatable bonds is 5. The molecule has 1 amide bonds. The fourth-order valence-corrected chi connectivity index (χ4v) is 2.81. The summed E-state index contributed by atoms with van der Waals surface area (Å²) in [7, 11) is 1.64. The lowest BCUT2D eigenvalue weighted by Gasteiger charge is -2.29. The molecule has 1 atom stereocenters. The molecule has 1 aliphatic rings. The number of nitrogens with zero attached hydrogens (tertiary/aromatic N) is 1. The van der Waals surface area contributed by atoms with Gasteiger partial charge in [0, 0.05) is 11.7 Å². The first-order chi connectivity index (χ1) is 10.6. The van der Waals surface area contributed by atoms with Crippen molar-refractivity contribution in [2.24, 2.45) is 5.92 Å². The molecule has 1 fully saturated rings. The lowest BCUT2D eigenvalue weighted by Crippen LogP contribution is -2.40. The number of aryl methyl sites for hydroxylation is 1. The van der Waals surface area contributed by atoms with Crippen LogP contribution in [0.4, 0.5) is 5.69 Å². The zero-order valence-electron chi connectivity index (χ0n) is 13.2. The molecule has 0 N–H and O–H groups in total. The second kappa shape index (κ2) is 5.87. The van der Waals surface area contributed by atoms with Gasteiger partial charge in [-0.1, -0.05) is 0 Å². The number of anilines is 1. The largest absolute Gasteiger partial charge is 0.497 e. The second-order valence-electron chi connectivity index (χ2n) is 5.84. The molecule has 1 aliphatic carbocycles. The van der Waals surface area contributed by atoms with Crippen LogP contribution in [0.5, 0.6) is 5.75 Å². The Balaban J connectivity index is 1.95. The van der Waals surface area contributed by atoms with Crippen molar-refractivity contribution < 1.29 is 13.9 Å². The molecule has 22 heavy (non-hydrogen) atoms. The third-order valence-electron chi connectivity index (χ3n) is 4.37. The summed E-state index contributed by atoms with van der Waals surface area (Å²) in [6, 6.07) is 9.56. The van der Waals surface area contributed by atoms with Crippen molar-refractivity contribution in [3.05, 3.63) is 47.9 Å². The van der Waals surface area contributed by atoms with Crippen LogP contribution in [0.2, 0.25) is 0 Å². The molecule has 1 saturated carbocycles. The van der Waals surface area contributed by atoms with Crippen molar-refractivity contribution in [2.45, 2.75) is 32.7 Å². The van der Waals surface area contributed by atoms with Gasteiger partial charge in [-0.2, -0.15) is 0 Å². The van der Waals surface area contributed by atoms with Crippen molar-refractivity contribution in [1.29, 1.82) is 0 Å². The Bertz CT molecular complexity index is 655. The molecule has 0 aliphatic heterocycles. The number of furan rings is 1. The minimum atomic E-state index is -0.00387. The number of amides is 1. The van der Waals surface area contributed by atoms with E-state index in [1.54, 1.807) is 19.4 Å². The third kappa shape index (κ3) is 2.73. The van der Waals surface area contributed by atoms with Gasteiger partial charge in [-0.15, -0.1) is 0 Å². The Morgan fingerprint density at radius 1 is 1.27 bits per heavy atom. The first-order valence-corrected chi connectivity index (χ1v) is 7.63. The number of hydrogen-bond donors (Lipinski definition) is 0. The highest BCUT2D eigenvalue weighted by Gasteiger charge is 2.36. The van der Waals surface area contributed by atoms with Gasteiger partial charge < -0.3 is 14.1 Å². The molecule has 4 heteroatoms. The number of hydrogen-bond acceptors (Lipinski definition) is 3. The second-order valence-corrected chi connectivity index (χ2v) is 5.84. The van der Waals surface area contributed by atoms with Gasteiger partial charge in [0.1, 0.15) is 11.5 Å². The highest BCUT2D eigenvalue weighted by atomic mass is 16.5. The summed E-state index contributed by atoms with van der Waals surface area (Å²) >= 11 is 0. The molecule has 0 radical (unpaired) electrons. The van der Waals surface area contributed by atoms with Crippen molar-refractivity contribution in [3.8, 4) is 5.75 Å². The van der Waals surface area contributed by atoms with Crippen molar-refractivity contribution in [2.75, 3.05) is 12.0 Å². The molecular weight excluding hydrogens is 278 g/mol. The number of benzene rings is 1. The predicted molar refractivity (Wildman–Crippen MR) is 85.4 cm³/mol. The quantitative estimate of drug-likeness (QED) is 0.836. The topological polar surface area (TPSA) is 42.7 Å². The third-order valence-corrected chi connectivity index (χ3v) is 4.37. The van der Waals surface area contributed by atoms with Crippen LogP contribution in [0.1, 0.15) is 35.9 Å². The van der Waals surface area contributed by atoms with Gasteiger partial charge in [-0.3, -0.25) is 4.79 Å². The van der Waals surface area contributed by atoms with E-state index in [1.807, 2.05) is 36.1 Å². The molecule has 1 aromatic carbocycles. The fraction of sp³-hybridized carbons (Fsp3) is 0.389. The van der Waals surface area contributed by atoms with Crippen LogP contribution in [0, 0.1) is 12.8 Å². The maximum atomic E-state index is 13.0. The molecular formula is C18H21NO3. The van der Waals surface area contributed by atoms with Crippen molar-refractivity contribution in [3.63, 3.8) is 0 Å². The minimum absolute atomic E-state index is 0.00387.